The maximum atomic E-state index is 12.7. The largest absolute Gasteiger partial charge is 0.488 e. The van der Waals surface area contributed by atoms with Crippen LogP contribution in [0.25, 0.3) is 6.08 Å². The minimum Gasteiger partial charge on any atom is -0.488 e. The summed E-state index contributed by atoms with van der Waals surface area (Å²) < 4.78 is 5.90. The normalized spacial score (nSPS) is 23.8. The van der Waals surface area contributed by atoms with Gasteiger partial charge in [0.15, 0.2) is 0 Å². The molecule has 3 aliphatic heterocycles. The lowest BCUT2D eigenvalue weighted by atomic mass is 9.90. The van der Waals surface area contributed by atoms with Crippen molar-refractivity contribution in [3.05, 3.63) is 64.7 Å². The second-order valence-electron chi connectivity index (χ2n) is 6.75. The van der Waals surface area contributed by atoms with Crippen LogP contribution < -0.4 is 20.7 Å². The molecule has 1 amide bonds. The maximum absolute atomic E-state index is 12.7. The third-order valence-electron chi connectivity index (χ3n) is 5.26. The van der Waals surface area contributed by atoms with E-state index in [0.29, 0.717) is 12.2 Å². The van der Waals surface area contributed by atoms with Gasteiger partial charge in [0.1, 0.15) is 18.5 Å². The fourth-order valence-electron chi connectivity index (χ4n) is 4.03. The van der Waals surface area contributed by atoms with Crippen LogP contribution in [0.15, 0.2) is 48.0 Å². The summed E-state index contributed by atoms with van der Waals surface area (Å²) in [7, 11) is 0. The molecular weight excluding hydrogens is 314 g/mol. The number of anilines is 1. The van der Waals surface area contributed by atoms with Crippen LogP contribution >= 0.6 is 0 Å². The van der Waals surface area contributed by atoms with Crippen LogP contribution in [-0.2, 0) is 0 Å². The van der Waals surface area contributed by atoms with E-state index in [1.54, 1.807) is 0 Å². The molecule has 0 spiro atoms. The maximum Gasteiger partial charge on any atom is 0.255 e. The molecule has 5 nitrogen and oxygen atoms in total. The van der Waals surface area contributed by atoms with E-state index in [-0.39, 0.29) is 18.1 Å². The topological polar surface area (TPSA) is 67.6 Å². The lowest BCUT2D eigenvalue weighted by Gasteiger charge is -2.45. The van der Waals surface area contributed by atoms with Crippen LogP contribution in [0.5, 0.6) is 5.75 Å². The van der Waals surface area contributed by atoms with Gasteiger partial charge in [-0.05, 0) is 30.2 Å². The van der Waals surface area contributed by atoms with Crippen LogP contribution in [0.4, 0.5) is 5.69 Å². The first-order valence-electron chi connectivity index (χ1n) is 8.60. The molecule has 5 heteroatoms. The van der Waals surface area contributed by atoms with Gasteiger partial charge in [-0.2, -0.15) is 0 Å². The number of amides is 1. The third-order valence-corrected chi connectivity index (χ3v) is 5.26. The van der Waals surface area contributed by atoms with Crippen molar-refractivity contribution in [2.75, 3.05) is 18.1 Å². The quantitative estimate of drug-likeness (QED) is 0.841. The number of carbonyl (C=O) groups excluding carboxylic acids is 1. The summed E-state index contributed by atoms with van der Waals surface area (Å²) in [6.07, 6.45) is 2.81. The van der Waals surface area contributed by atoms with Gasteiger partial charge in [-0.25, -0.2) is 0 Å². The highest BCUT2D eigenvalue weighted by molar-refractivity contribution is 6.03. The average Bonchev–Trinajstić information content (AvgIpc) is 2.66. The van der Waals surface area contributed by atoms with E-state index in [1.165, 1.54) is 0 Å². The van der Waals surface area contributed by atoms with E-state index in [4.69, 9.17) is 10.5 Å². The summed E-state index contributed by atoms with van der Waals surface area (Å²) in [6, 6.07) is 13.8. The van der Waals surface area contributed by atoms with E-state index in [0.717, 1.165) is 41.1 Å². The number of nitrogens with one attached hydrogen (secondary N) is 1. The second-order valence-corrected chi connectivity index (χ2v) is 6.75. The molecule has 0 saturated heterocycles. The molecule has 0 saturated carbocycles. The molecule has 3 aliphatic rings. The number of hydrogen-bond acceptors (Lipinski definition) is 4. The minimum atomic E-state index is -0.193. The molecule has 0 fully saturated rings. The summed E-state index contributed by atoms with van der Waals surface area (Å²) in [5, 5.41) is 3.15. The van der Waals surface area contributed by atoms with Crippen molar-refractivity contribution >= 4 is 17.7 Å². The number of fused-ring (bicyclic) bond motifs is 1. The minimum absolute atomic E-state index is 0.0185. The zero-order chi connectivity index (χ0) is 17.0. The Bertz CT molecular complexity index is 906. The first-order valence-corrected chi connectivity index (χ1v) is 8.60. The molecule has 0 unspecified atom stereocenters. The van der Waals surface area contributed by atoms with Gasteiger partial charge >= 0.3 is 0 Å². The summed E-state index contributed by atoms with van der Waals surface area (Å²) in [5.41, 5.74) is 11.1. The van der Waals surface area contributed by atoms with Crippen molar-refractivity contribution in [3.63, 3.8) is 0 Å². The van der Waals surface area contributed by atoms with Crippen molar-refractivity contribution in [2.24, 2.45) is 5.73 Å². The zero-order valence-corrected chi connectivity index (χ0v) is 13.7. The van der Waals surface area contributed by atoms with Gasteiger partial charge in [-0.1, -0.05) is 30.3 Å². The lowest BCUT2D eigenvalue weighted by Crippen LogP contribution is -2.57. The van der Waals surface area contributed by atoms with Gasteiger partial charge in [0.2, 0.25) is 0 Å². The van der Waals surface area contributed by atoms with Gasteiger partial charge in [0.25, 0.3) is 5.91 Å². The second kappa shape index (κ2) is 5.36. The fourth-order valence-corrected chi connectivity index (χ4v) is 4.03. The summed E-state index contributed by atoms with van der Waals surface area (Å²) in [4.78, 5) is 14.9. The summed E-state index contributed by atoms with van der Waals surface area (Å²) in [6.45, 7) is 1.29. The van der Waals surface area contributed by atoms with Crippen LogP contribution in [0.2, 0.25) is 0 Å². The van der Waals surface area contributed by atoms with Crippen LogP contribution in [0.3, 0.4) is 0 Å². The molecular formula is C20H19N3O2. The first kappa shape index (κ1) is 14.5. The molecule has 0 aromatic heterocycles. The smallest absolute Gasteiger partial charge is 0.255 e. The number of nitrogens with two attached hydrogens (primary N) is 1. The van der Waals surface area contributed by atoms with Crippen molar-refractivity contribution in [3.8, 4) is 5.75 Å². The number of benzene rings is 2. The van der Waals surface area contributed by atoms with Gasteiger partial charge in [-0.3, -0.25) is 4.79 Å². The number of carbonyl (C=O) groups is 1. The summed E-state index contributed by atoms with van der Waals surface area (Å²) >= 11 is 0. The van der Waals surface area contributed by atoms with Gasteiger partial charge in [-0.15, -0.1) is 0 Å². The summed E-state index contributed by atoms with van der Waals surface area (Å²) in [5.74, 6) is 0.835. The van der Waals surface area contributed by atoms with Gasteiger partial charge < -0.3 is 20.7 Å². The highest BCUT2D eigenvalue weighted by Crippen LogP contribution is 2.40. The van der Waals surface area contributed by atoms with Gasteiger partial charge in [0.05, 0.1) is 11.3 Å². The molecule has 126 valence electrons. The molecule has 0 aliphatic carbocycles. The SMILES string of the molecule is N[C@H]1CCN2c3c(cccc31)C(=O)N[C@@H]2C1=Cc2ccccc2OC1. The van der Waals surface area contributed by atoms with Crippen molar-refractivity contribution < 1.29 is 9.53 Å². The van der Waals surface area contributed by atoms with Crippen LogP contribution in [0.1, 0.15) is 33.9 Å². The standard InChI is InChI=1S/C20H19N3O2/c21-16-8-9-23-18-14(16)5-3-6-15(18)20(24)22-19(23)13-10-12-4-1-2-7-17(12)25-11-13/h1-7,10,16,19H,8-9,11,21H2,(H,22,24)/t16-,19-/m0/s1. The number of para-hydroxylation sites is 2. The zero-order valence-electron chi connectivity index (χ0n) is 13.7. The Kier molecular flexibility index (Phi) is 3.12. The van der Waals surface area contributed by atoms with Gasteiger partial charge in [0, 0.05) is 23.7 Å². The average molecular weight is 333 g/mol. The van der Waals surface area contributed by atoms with Crippen molar-refractivity contribution in [2.45, 2.75) is 18.6 Å². The van der Waals surface area contributed by atoms with Crippen molar-refractivity contribution in [1.82, 2.24) is 5.32 Å². The monoisotopic (exact) mass is 333 g/mol. The number of ether oxygens (including phenoxy) is 1. The Morgan fingerprint density at radius 3 is 2.96 bits per heavy atom. The Hall–Kier alpha value is -2.79. The molecule has 25 heavy (non-hydrogen) atoms. The predicted octanol–water partition coefficient (Wildman–Crippen LogP) is 2.44. The first-order chi connectivity index (χ1) is 12.2. The molecule has 3 N–H and O–H groups in total. The molecule has 0 radical (unpaired) electrons. The molecule has 5 rings (SSSR count). The Morgan fingerprint density at radius 2 is 2.04 bits per heavy atom. The van der Waals surface area contributed by atoms with E-state index < -0.39 is 0 Å². The number of rotatable bonds is 1. The molecule has 2 aromatic carbocycles. The van der Waals surface area contributed by atoms with E-state index in [2.05, 4.69) is 16.3 Å². The van der Waals surface area contributed by atoms with E-state index in [9.17, 15) is 4.79 Å². The highest BCUT2D eigenvalue weighted by atomic mass is 16.5. The molecule has 3 heterocycles. The highest BCUT2D eigenvalue weighted by Gasteiger charge is 2.38. The molecule has 2 atom stereocenters. The Balaban J connectivity index is 1.61. The molecule has 2 aromatic rings. The fraction of sp³-hybridized carbons (Fsp3) is 0.250. The third kappa shape index (κ3) is 2.16. The van der Waals surface area contributed by atoms with E-state index in [1.807, 2.05) is 42.5 Å². The van der Waals surface area contributed by atoms with E-state index >= 15 is 0 Å². The predicted molar refractivity (Wildman–Crippen MR) is 96.5 cm³/mol. The van der Waals surface area contributed by atoms with Crippen LogP contribution in [-0.4, -0.2) is 25.2 Å². The Labute approximate surface area is 146 Å². The van der Waals surface area contributed by atoms with Crippen LogP contribution in [0, 0.1) is 0 Å². The molecule has 0 bridgehead atoms. The number of hydrogen-bond donors (Lipinski definition) is 2. The number of nitrogens with zero attached hydrogens (tertiary/aromatic N) is 1. The lowest BCUT2D eigenvalue weighted by molar-refractivity contribution is 0.0930. The Morgan fingerprint density at radius 1 is 1.16 bits per heavy atom. The van der Waals surface area contributed by atoms with Crippen molar-refractivity contribution in [1.29, 1.82) is 0 Å².